The van der Waals surface area contributed by atoms with E-state index in [1.807, 2.05) is 0 Å². The van der Waals surface area contributed by atoms with Crippen molar-refractivity contribution in [2.24, 2.45) is 0 Å². The average Bonchev–Trinajstić information content (AvgIpc) is 2.68. The molecule has 8 heteroatoms. The van der Waals surface area contributed by atoms with Gasteiger partial charge in [0.15, 0.2) is 5.11 Å². The Morgan fingerprint density at radius 2 is 1.44 bits per heavy atom. The molecular formula is C19H21N3O4S. The Labute approximate surface area is 163 Å². The van der Waals surface area contributed by atoms with Crippen LogP contribution in [0.15, 0.2) is 42.5 Å². The van der Waals surface area contributed by atoms with Gasteiger partial charge in [0.1, 0.15) is 11.5 Å². The van der Waals surface area contributed by atoms with Gasteiger partial charge in [-0.25, -0.2) is 0 Å². The van der Waals surface area contributed by atoms with Crippen molar-refractivity contribution in [2.45, 2.75) is 13.3 Å². The smallest absolute Gasteiger partial charge is 0.257 e. The van der Waals surface area contributed by atoms with Gasteiger partial charge in [-0.05, 0) is 48.6 Å². The Hall–Kier alpha value is -3.13. The molecule has 0 spiro atoms. The van der Waals surface area contributed by atoms with Crippen molar-refractivity contribution in [1.29, 1.82) is 0 Å². The van der Waals surface area contributed by atoms with Gasteiger partial charge >= 0.3 is 0 Å². The second kappa shape index (κ2) is 9.54. The third-order valence-electron chi connectivity index (χ3n) is 3.59. The van der Waals surface area contributed by atoms with Crippen LogP contribution in [0.4, 0.5) is 11.4 Å². The van der Waals surface area contributed by atoms with Crippen LogP contribution in [0.2, 0.25) is 0 Å². The molecule has 0 atom stereocenters. The first-order valence-electron chi connectivity index (χ1n) is 8.20. The quantitative estimate of drug-likeness (QED) is 0.660. The minimum Gasteiger partial charge on any atom is -0.497 e. The molecule has 2 rings (SSSR count). The monoisotopic (exact) mass is 387 g/mol. The van der Waals surface area contributed by atoms with Crippen LogP contribution in [0.1, 0.15) is 23.7 Å². The predicted molar refractivity (Wildman–Crippen MR) is 109 cm³/mol. The molecule has 2 aromatic rings. The van der Waals surface area contributed by atoms with E-state index in [4.69, 9.17) is 21.7 Å². The highest BCUT2D eigenvalue weighted by Crippen LogP contribution is 2.22. The highest BCUT2D eigenvalue weighted by atomic mass is 32.1. The molecule has 0 bridgehead atoms. The van der Waals surface area contributed by atoms with Crippen LogP contribution in [0.3, 0.4) is 0 Å². The van der Waals surface area contributed by atoms with Crippen LogP contribution >= 0.6 is 12.2 Å². The topological polar surface area (TPSA) is 88.7 Å². The van der Waals surface area contributed by atoms with Crippen molar-refractivity contribution < 1.29 is 19.1 Å². The summed E-state index contributed by atoms with van der Waals surface area (Å²) in [5, 5.41) is 8.42. The van der Waals surface area contributed by atoms with E-state index in [1.165, 1.54) is 14.2 Å². The molecule has 3 N–H and O–H groups in total. The molecule has 0 fully saturated rings. The number of ether oxygens (including phenoxy) is 2. The van der Waals surface area contributed by atoms with Crippen molar-refractivity contribution in [2.75, 3.05) is 24.9 Å². The highest BCUT2D eigenvalue weighted by molar-refractivity contribution is 7.80. The number of carbonyl (C=O) groups excluding carboxylic acids is 2. The molecule has 142 valence electrons. The standard InChI is InChI=1S/C19H21N3O4S/c1-4-17(23)20-13-5-7-14(8-6-13)21-19(27)22-18(24)12-9-15(25-2)11-16(10-12)26-3/h5-11H,4H2,1-3H3,(H,20,23)(H2,21,22,24,27). The fraction of sp³-hybridized carbons (Fsp3) is 0.211. The number of nitrogens with one attached hydrogen (secondary N) is 3. The SMILES string of the molecule is CCC(=O)Nc1ccc(NC(=S)NC(=O)c2cc(OC)cc(OC)c2)cc1. The average molecular weight is 387 g/mol. The third kappa shape index (κ3) is 5.96. The molecule has 0 aromatic heterocycles. The predicted octanol–water partition coefficient (Wildman–Crippen LogP) is 3.18. The fourth-order valence-electron chi connectivity index (χ4n) is 2.16. The van der Waals surface area contributed by atoms with E-state index in [2.05, 4.69) is 16.0 Å². The van der Waals surface area contributed by atoms with Gasteiger partial charge in [-0.15, -0.1) is 0 Å². The van der Waals surface area contributed by atoms with Gasteiger partial charge < -0.3 is 20.1 Å². The lowest BCUT2D eigenvalue weighted by Crippen LogP contribution is -2.34. The number of carbonyl (C=O) groups is 2. The van der Waals surface area contributed by atoms with E-state index < -0.39 is 5.91 Å². The van der Waals surface area contributed by atoms with Crippen molar-refractivity contribution in [3.8, 4) is 11.5 Å². The number of hydrogen-bond donors (Lipinski definition) is 3. The molecule has 2 aromatic carbocycles. The van der Waals surface area contributed by atoms with Gasteiger partial charge in [-0.3, -0.25) is 14.9 Å². The van der Waals surface area contributed by atoms with Gasteiger partial charge in [0, 0.05) is 29.4 Å². The van der Waals surface area contributed by atoms with E-state index in [1.54, 1.807) is 49.4 Å². The maximum absolute atomic E-state index is 12.4. The second-order valence-corrected chi connectivity index (χ2v) is 5.90. The zero-order valence-electron chi connectivity index (χ0n) is 15.3. The van der Waals surface area contributed by atoms with Gasteiger partial charge in [-0.1, -0.05) is 6.92 Å². The maximum atomic E-state index is 12.4. The highest BCUT2D eigenvalue weighted by Gasteiger charge is 2.11. The molecule has 0 saturated heterocycles. The van der Waals surface area contributed by atoms with E-state index in [9.17, 15) is 9.59 Å². The van der Waals surface area contributed by atoms with Crippen LogP contribution in [0.25, 0.3) is 0 Å². The lowest BCUT2D eigenvalue weighted by Gasteiger charge is -2.12. The zero-order valence-corrected chi connectivity index (χ0v) is 16.1. The molecule has 0 aliphatic carbocycles. The van der Waals surface area contributed by atoms with Crippen molar-refractivity contribution >= 4 is 40.5 Å². The van der Waals surface area contributed by atoms with Crippen molar-refractivity contribution in [3.05, 3.63) is 48.0 Å². The molecule has 27 heavy (non-hydrogen) atoms. The number of thiocarbonyl (C=S) groups is 1. The van der Waals surface area contributed by atoms with E-state index in [0.717, 1.165) is 0 Å². The minimum atomic E-state index is -0.392. The van der Waals surface area contributed by atoms with Crippen LogP contribution in [0.5, 0.6) is 11.5 Å². The van der Waals surface area contributed by atoms with Crippen molar-refractivity contribution in [1.82, 2.24) is 5.32 Å². The van der Waals surface area contributed by atoms with Crippen LogP contribution in [-0.4, -0.2) is 31.1 Å². The van der Waals surface area contributed by atoms with Crippen LogP contribution in [0, 0.1) is 0 Å². The van der Waals surface area contributed by atoms with Gasteiger partial charge in [0.2, 0.25) is 5.91 Å². The van der Waals surface area contributed by atoms with Gasteiger partial charge in [-0.2, -0.15) is 0 Å². The number of rotatable bonds is 6. The molecule has 0 aliphatic rings. The molecule has 0 radical (unpaired) electrons. The number of benzene rings is 2. The first-order valence-corrected chi connectivity index (χ1v) is 8.61. The summed E-state index contributed by atoms with van der Waals surface area (Å²) in [6.45, 7) is 1.78. The fourth-order valence-corrected chi connectivity index (χ4v) is 2.37. The first-order chi connectivity index (χ1) is 12.9. The Kier molecular flexibility index (Phi) is 7.13. The van der Waals surface area contributed by atoms with Gasteiger partial charge in [0.25, 0.3) is 5.91 Å². The normalized spacial score (nSPS) is 9.89. The Balaban J connectivity index is 1.99. The lowest BCUT2D eigenvalue weighted by molar-refractivity contribution is -0.115. The minimum absolute atomic E-state index is 0.0628. The summed E-state index contributed by atoms with van der Waals surface area (Å²) in [6, 6.07) is 11.8. The van der Waals surface area contributed by atoms with Crippen molar-refractivity contribution in [3.63, 3.8) is 0 Å². The molecule has 0 unspecified atom stereocenters. The Morgan fingerprint density at radius 3 is 1.93 bits per heavy atom. The van der Waals surface area contributed by atoms with E-state index >= 15 is 0 Å². The molecule has 0 aliphatic heterocycles. The lowest BCUT2D eigenvalue weighted by atomic mass is 10.2. The summed E-state index contributed by atoms with van der Waals surface area (Å²) in [7, 11) is 3.02. The Morgan fingerprint density at radius 1 is 0.926 bits per heavy atom. The number of anilines is 2. The Bertz CT molecular complexity index is 815. The van der Waals surface area contributed by atoms with Gasteiger partial charge in [0.05, 0.1) is 14.2 Å². The summed E-state index contributed by atoms with van der Waals surface area (Å²) in [4.78, 5) is 23.8. The molecule has 7 nitrogen and oxygen atoms in total. The van der Waals surface area contributed by atoms with Crippen LogP contribution < -0.4 is 25.4 Å². The van der Waals surface area contributed by atoms with Crippen LogP contribution in [-0.2, 0) is 4.79 Å². The summed E-state index contributed by atoms with van der Waals surface area (Å²) < 4.78 is 10.3. The first kappa shape index (κ1) is 20.2. The molecule has 0 heterocycles. The largest absolute Gasteiger partial charge is 0.497 e. The third-order valence-corrected chi connectivity index (χ3v) is 3.79. The molecule has 2 amide bonds. The number of hydrogen-bond acceptors (Lipinski definition) is 5. The van der Waals surface area contributed by atoms with E-state index in [0.29, 0.717) is 34.9 Å². The summed E-state index contributed by atoms with van der Waals surface area (Å²) in [6.07, 6.45) is 0.408. The summed E-state index contributed by atoms with van der Waals surface area (Å²) in [5.74, 6) is 0.551. The number of amides is 2. The molecular weight excluding hydrogens is 366 g/mol. The maximum Gasteiger partial charge on any atom is 0.257 e. The zero-order chi connectivity index (χ0) is 19.8. The summed E-state index contributed by atoms with van der Waals surface area (Å²) >= 11 is 5.18. The summed E-state index contributed by atoms with van der Waals surface area (Å²) in [5.41, 5.74) is 1.72. The van der Waals surface area contributed by atoms with E-state index in [-0.39, 0.29) is 11.0 Å². The molecule has 0 saturated carbocycles. The number of methoxy groups -OCH3 is 2. The second-order valence-electron chi connectivity index (χ2n) is 5.49.